The van der Waals surface area contributed by atoms with Crippen LogP contribution in [0.5, 0.6) is 0 Å². The van der Waals surface area contributed by atoms with Crippen molar-refractivity contribution in [1.29, 1.82) is 21.0 Å². The van der Waals surface area contributed by atoms with Crippen molar-refractivity contribution in [3.8, 4) is 21.6 Å². The molecule has 13 heavy (non-hydrogen) atoms. The van der Waals surface area contributed by atoms with Crippen LogP contribution in [0.4, 0.5) is 0 Å². The summed E-state index contributed by atoms with van der Waals surface area (Å²) in [5.41, 5.74) is 0. The van der Waals surface area contributed by atoms with Gasteiger partial charge in [-0.1, -0.05) is 43.3 Å². The van der Waals surface area contributed by atoms with Gasteiger partial charge in [0.15, 0.2) is 0 Å². The average molecular weight is 258 g/mol. The van der Waals surface area contributed by atoms with Crippen LogP contribution in [0.3, 0.4) is 0 Å². The van der Waals surface area contributed by atoms with Crippen molar-refractivity contribution in [2.75, 3.05) is 0 Å². The largest absolute Gasteiger partial charge is 1.00 e. The first-order valence-electron chi connectivity index (χ1n) is 1.77. The van der Waals surface area contributed by atoms with E-state index in [1.54, 1.807) is 0 Å². The van der Waals surface area contributed by atoms with Crippen LogP contribution in [0.2, 0.25) is 0 Å². The molecule has 0 aliphatic rings. The van der Waals surface area contributed by atoms with E-state index in [-0.39, 0.29) is 29.6 Å². The molecule has 0 rings (SSSR count). The molecule has 64 valence electrons. The Hall–Kier alpha value is 0.230. The van der Waals surface area contributed by atoms with Gasteiger partial charge in [0.1, 0.15) is 16.2 Å². The second-order valence-corrected chi connectivity index (χ2v) is 1.17. The number of hydrogen-bond donors (Lipinski definition) is 3. The van der Waals surface area contributed by atoms with E-state index in [9.17, 15) is 0 Å². The molecule has 0 bridgehead atoms. The van der Waals surface area contributed by atoms with Crippen LogP contribution in [0, 0.1) is 42.7 Å². The summed E-state index contributed by atoms with van der Waals surface area (Å²) in [6, 6.07) is 0. The number of hydrogen-bond acceptors (Lipinski definition) is 8. The number of nitriles is 4. The van der Waals surface area contributed by atoms with E-state index in [4.69, 9.17) is 21.0 Å². The van der Waals surface area contributed by atoms with Crippen molar-refractivity contribution < 1.29 is 29.6 Å². The summed E-state index contributed by atoms with van der Waals surface area (Å²) < 4.78 is 0. The van der Waals surface area contributed by atoms with Crippen LogP contribution in [-0.4, -0.2) is 0 Å². The van der Waals surface area contributed by atoms with Gasteiger partial charge in [-0.25, -0.2) is 5.26 Å². The zero-order valence-corrected chi connectivity index (χ0v) is 12.0. The van der Waals surface area contributed by atoms with Crippen LogP contribution < -0.4 is 29.6 Å². The Balaban J connectivity index is -0.0000000213. The van der Waals surface area contributed by atoms with Gasteiger partial charge in [-0.3, -0.25) is 0 Å². The summed E-state index contributed by atoms with van der Waals surface area (Å²) >= 11 is 13.0. The monoisotopic (exact) mass is 258 g/mol. The first-order valence-corrected chi connectivity index (χ1v) is 3.52. The third kappa shape index (κ3) is 24200. The molecule has 0 fully saturated rings. The normalized spacial score (nSPS) is 2.38. The molecule has 0 unspecified atom stereocenters. The second-order valence-electron chi connectivity index (χ2n) is 0.391. The summed E-state index contributed by atoms with van der Waals surface area (Å²) in [6.45, 7) is 0. The Morgan fingerprint density at radius 2 is 0.769 bits per heavy atom. The van der Waals surface area contributed by atoms with Crippen LogP contribution in [-0.2, 0) is 12.6 Å². The van der Waals surface area contributed by atoms with Crippen molar-refractivity contribution >= 4 is 50.5 Å². The van der Waals surface area contributed by atoms with Gasteiger partial charge in [0.25, 0.3) is 0 Å². The van der Waals surface area contributed by atoms with Crippen molar-refractivity contribution in [2.24, 2.45) is 0 Å². The molecule has 0 aromatic heterocycles. The molecule has 0 heterocycles. The van der Waals surface area contributed by atoms with Crippen LogP contribution >= 0.6 is 37.9 Å². The molecule has 0 spiro atoms. The van der Waals surface area contributed by atoms with Gasteiger partial charge in [0.05, 0.1) is 0 Å². The minimum Gasteiger partial charge on any atom is -0.696 e. The van der Waals surface area contributed by atoms with E-state index >= 15 is 0 Å². The molecular weight excluding hydrogens is 255 g/mol. The topological polar surface area (TPSA) is 95.2 Å². The van der Waals surface area contributed by atoms with Gasteiger partial charge in [-0.15, -0.1) is 0 Å². The Kier molecular flexibility index (Phi) is 194. The van der Waals surface area contributed by atoms with Crippen LogP contribution in [0.1, 0.15) is 0 Å². The van der Waals surface area contributed by atoms with E-state index in [2.05, 4.69) is 50.5 Å². The molecule has 0 atom stereocenters. The van der Waals surface area contributed by atoms with Gasteiger partial charge < -0.3 is 12.6 Å². The van der Waals surface area contributed by atoms with Crippen molar-refractivity contribution in [2.45, 2.75) is 0 Å². The minimum absolute atomic E-state index is 0. The quantitative estimate of drug-likeness (QED) is 0.206. The number of thiocyanates is 4. The molecule has 0 aliphatic carbocycles. The van der Waals surface area contributed by atoms with Crippen molar-refractivity contribution in [3.05, 3.63) is 0 Å². The molecule has 9 heteroatoms. The average Bonchev–Trinajstić information content (AvgIpc) is 1.92. The summed E-state index contributed by atoms with van der Waals surface area (Å²) in [6.07, 6.45) is 0. The fourth-order valence-electron chi connectivity index (χ4n) is 0. The molecule has 0 amide bonds. The zero-order valence-electron chi connectivity index (χ0n) is 6.54. The molecule has 0 aromatic carbocycles. The van der Waals surface area contributed by atoms with Crippen LogP contribution in [0.15, 0.2) is 0 Å². The smallest absolute Gasteiger partial charge is 0.696 e. The van der Waals surface area contributed by atoms with Gasteiger partial charge in [0.2, 0.25) is 0 Å². The Bertz CT molecular complexity index is 158. The molecule has 0 aliphatic heterocycles. The first kappa shape index (κ1) is 29.2. The maximum absolute atomic E-state index is 7.18. The molecule has 0 saturated heterocycles. The third-order valence-electron chi connectivity index (χ3n) is 0. The van der Waals surface area contributed by atoms with Gasteiger partial charge >= 0.3 is 29.6 Å². The maximum Gasteiger partial charge on any atom is 1.00 e. The second kappa shape index (κ2) is 86.2. The van der Waals surface area contributed by atoms with Crippen molar-refractivity contribution in [1.82, 2.24) is 0 Å². The van der Waals surface area contributed by atoms with E-state index in [1.807, 2.05) is 0 Å². The number of rotatable bonds is 0. The minimum atomic E-state index is 0. The summed E-state index contributed by atoms with van der Waals surface area (Å²) in [5.74, 6) is 0. The van der Waals surface area contributed by atoms with Gasteiger partial charge in [0, 0.05) is 0 Å². The summed E-state index contributed by atoms with van der Waals surface area (Å²) in [7, 11) is 0. The summed E-state index contributed by atoms with van der Waals surface area (Å²) in [4.78, 5) is 0. The third-order valence-corrected chi connectivity index (χ3v) is 0. The SMILES string of the molecule is N#CS.N#CS.N#CS.N#C[S-].[Na+]. The molecule has 4 nitrogen and oxygen atoms in total. The standard InChI is InChI=1S/4CHNS.Na/c4*2-1-3;/h4*3H;/q;;;;+1/p-1. The molecule has 0 N–H and O–H groups in total. The van der Waals surface area contributed by atoms with E-state index in [0.717, 1.165) is 0 Å². The summed E-state index contributed by atoms with van der Waals surface area (Å²) in [5, 5.41) is 34.4. The van der Waals surface area contributed by atoms with Gasteiger partial charge in [-0.2, -0.15) is 15.8 Å². The van der Waals surface area contributed by atoms with Crippen LogP contribution in [0.25, 0.3) is 0 Å². The fourth-order valence-corrected chi connectivity index (χ4v) is 0. The van der Waals surface area contributed by atoms with Crippen molar-refractivity contribution in [3.63, 3.8) is 0 Å². The fraction of sp³-hybridized carbons (Fsp3) is 0. The molecule has 0 radical (unpaired) electrons. The Labute approximate surface area is 121 Å². The maximum atomic E-state index is 7.18. The van der Waals surface area contributed by atoms with E-state index < -0.39 is 0 Å². The molecule has 0 saturated carbocycles. The van der Waals surface area contributed by atoms with E-state index in [1.165, 1.54) is 21.6 Å². The predicted octanol–water partition coefficient (Wildman–Crippen LogP) is -1.79. The van der Waals surface area contributed by atoms with Gasteiger partial charge in [-0.05, 0) is 0 Å². The Morgan fingerprint density at radius 3 is 0.769 bits per heavy atom. The molecular formula is C4H3N4NaS4. The zero-order chi connectivity index (χ0) is 10.8. The van der Waals surface area contributed by atoms with E-state index in [0.29, 0.717) is 0 Å². The first-order chi connectivity index (χ1) is 5.66. The number of thiol groups is 3. The predicted molar refractivity (Wildman–Crippen MR) is 56.8 cm³/mol. The molecule has 0 aromatic rings. The number of nitrogens with zero attached hydrogens (tertiary/aromatic N) is 4. The Morgan fingerprint density at radius 1 is 0.769 bits per heavy atom.